The van der Waals surface area contributed by atoms with E-state index in [1.54, 1.807) is 12.1 Å². The van der Waals surface area contributed by atoms with Gasteiger partial charge >= 0.3 is 6.61 Å². The lowest BCUT2D eigenvalue weighted by Gasteiger charge is -2.13. The van der Waals surface area contributed by atoms with E-state index in [1.807, 2.05) is 19.9 Å². The number of alkyl halides is 2. The molecular formula is C16H26F2IN3O. The number of hydrogen-bond acceptors (Lipinski definition) is 2. The molecule has 7 heteroatoms. The van der Waals surface area contributed by atoms with Gasteiger partial charge in [-0.05, 0) is 26.3 Å². The molecule has 4 nitrogen and oxygen atoms in total. The standard InChI is InChI=1S/C16H25F2N3O.HI/c1-4-6-9-20-16(19-5-2)21-11-13-10-12(3)7-8-14(13)22-15(17)18;/h7-8,10,15H,4-6,9,11H2,1-3H3,(H2,19,20,21);1H. The molecule has 0 spiro atoms. The average molecular weight is 441 g/mol. The summed E-state index contributed by atoms with van der Waals surface area (Å²) in [5.41, 5.74) is 1.63. The van der Waals surface area contributed by atoms with Crippen molar-refractivity contribution in [3.8, 4) is 5.75 Å². The van der Waals surface area contributed by atoms with Gasteiger partial charge in [-0.2, -0.15) is 8.78 Å². The quantitative estimate of drug-likeness (QED) is 0.277. The van der Waals surface area contributed by atoms with E-state index in [-0.39, 0.29) is 36.3 Å². The van der Waals surface area contributed by atoms with Crippen molar-refractivity contribution in [2.24, 2.45) is 4.99 Å². The lowest BCUT2D eigenvalue weighted by atomic mass is 10.1. The van der Waals surface area contributed by atoms with Crippen LogP contribution < -0.4 is 15.4 Å². The molecule has 2 N–H and O–H groups in total. The third kappa shape index (κ3) is 8.92. The Hall–Kier alpha value is -1.12. The van der Waals surface area contributed by atoms with Gasteiger partial charge in [-0.1, -0.05) is 31.0 Å². The lowest BCUT2D eigenvalue weighted by Crippen LogP contribution is -2.37. The first-order valence-corrected chi connectivity index (χ1v) is 7.63. The fraction of sp³-hybridized carbons (Fsp3) is 0.562. The van der Waals surface area contributed by atoms with Crippen molar-refractivity contribution in [2.45, 2.75) is 46.8 Å². The number of halogens is 3. The normalized spacial score (nSPS) is 11.1. The van der Waals surface area contributed by atoms with Gasteiger partial charge < -0.3 is 15.4 Å². The molecule has 1 rings (SSSR count). The first-order chi connectivity index (χ1) is 10.6. The highest BCUT2D eigenvalue weighted by Crippen LogP contribution is 2.22. The zero-order valence-corrected chi connectivity index (χ0v) is 16.2. The average Bonchev–Trinajstić information content (AvgIpc) is 2.47. The molecule has 0 heterocycles. The van der Waals surface area contributed by atoms with E-state index in [9.17, 15) is 8.78 Å². The molecule has 0 saturated carbocycles. The van der Waals surface area contributed by atoms with Gasteiger partial charge in [0.05, 0.1) is 6.54 Å². The van der Waals surface area contributed by atoms with Gasteiger partial charge in [0, 0.05) is 18.7 Å². The Morgan fingerprint density at radius 3 is 2.61 bits per heavy atom. The second-order valence-corrected chi connectivity index (χ2v) is 4.97. The van der Waals surface area contributed by atoms with E-state index in [1.165, 1.54) is 0 Å². The monoisotopic (exact) mass is 441 g/mol. The van der Waals surface area contributed by atoms with Crippen LogP contribution in [-0.4, -0.2) is 25.7 Å². The van der Waals surface area contributed by atoms with Crippen LogP contribution in [0, 0.1) is 6.92 Å². The van der Waals surface area contributed by atoms with E-state index in [0.29, 0.717) is 11.5 Å². The van der Waals surface area contributed by atoms with E-state index < -0.39 is 6.61 Å². The van der Waals surface area contributed by atoms with Crippen LogP contribution in [-0.2, 0) is 6.54 Å². The van der Waals surface area contributed by atoms with Crippen LogP contribution in [0.1, 0.15) is 37.8 Å². The molecule has 0 fully saturated rings. The van der Waals surface area contributed by atoms with Gasteiger partial charge in [0.1, 0.15) is 5.75 Å². The minimum atomic E-state index is -2.83. The molecule has 0 unspecified atom stereocenters. The topological polar surface area (TPSA) is 45.7 Å². The molecule has 0 aromatic heterocycles. The van der Waals surface area contributed by atoms with E-state index in [4.69, 9.17) is 0 Å². The number of ether oxygens (including phenoxy) is 1. The van der Waals surface area contributed by atoms with Crippen LogP contribution in [0.5, 0.6) is 5.75 Å². The van der Waals surface area contributed by atoms with Gasteiger partial charge in [0.15, 0.2) is 5.96 Å². The van der Waals surface area contributed by atoms with Gasteiger partial charge in [0.2, 0.25) is 0 Å². The highest BCUT2D eigenvalue weighted by atomic mass is 127. The molecule has 0 radical (unpaired) electrons. The molecular weight excluding hydrogens is 415 g/mol. The predicted molar refractivity (Wildman–Crippen MR) is 101 cm³/mol. The maximum Gasteiger partial charge on any atom is 0.387 e. The van der Waals surface area contributed by atoms with Crippen molar-refractivity contribution in [2.75, 3.05) is 13.1 Å². The lowest BCUT2D eigenvalue weighted by molar-refractivity contribution is -0.0504. The van der Waals surface area contributed by atoms with Gasteiger partial charge in [-0.25, -0.2) is 4.99 Å². The third-order valence-corrected chi connectivity index (χ3v) is 3.01. The van der Waals surface area contributed by atoms with Crippen molar-refractivity contribution in [1.29, 1.82) is 0 Å². The molecule has 0 aliphatic rings. The van der Waals surface area contributed by atoms with Crippen LogP contribution in [0.4, 0.5) is 8.78 Å². The smallest absolute Gasteiger partial charge is 0.387 e. The van der Waals surface area contributed by atoms with Gasteiger partial charge in [-0.3, -0.25) is 0 Å². The van der Waals surface area contributed by atoms with Gasteiger partial charge in [-0.15, -0.1) is 24.0 Å². The summed E-state index contributed by atoms with van der Waals surface area (Å²) in [5, 5.41) is 6.35. The number of unbranched alkanes of at least 4 members (excludes halogenated alkanes) is 1. The zero-order chi connectivity index (χ0) is 16.4. The second kappa shape index (κ2) is 12.3. The first kappa shape index (κ1) is 21.9. The molecule has 0 saturated heterocycles. The molecule has 0 aliphatic heterocycles. The van der Waals surface area contributed by atoms with Crippen molar-refractivity contribution in [3.05, 3.63) is 29.3 Å². The van der Waals surface area contributed by atoms with E-state index in [0.717, 1.165) is 31.5 Å². The van der Waals surface area contributed by atoms with Crippen molar-refractivity contribution in [1.82, 2.24) is 10.6 Å². The molecule has 0 aliphatic carbocycles. The summed E-state index contributed by atoms with van der Waals surface area (Å²) >= 11 is 0. The summed E-state index contributed by atoms with van der Waals surface area (Å²) in [6.45, 7) is 5.03. The van der Waals surface area contributed by atoms with Crippen LogP contribution in [0.3, 0.4) is 0 Å². The summed E-state index contributed by atoms with van der Waals surface area (Å²) < 4.78 is 29.4. The molecule has 132 valence electrons. The number of aryl methyl sites for hydroxylation is 1. The fourth-order valence-electron chi connectivity index (χ4n) is 1.93. The highest BCUT2D eigenvalue weighted by Gasteiger charge is 2.10. The minimum absolute atomic E-state index is 0. The molecule has 1 aromatic carbocycles. The highest BCUT2D eigenvalue weighted by molar-refractivity contribution is 14.0. The number of nitrogens with one attached hydrogen (secondary N) is 2. The van der Waals surface area contributed by atoms with Crippen LogP contribution >= 0.6 is 24.0 Å². The second-order valence-electron chi connectivity index (χ2n) is 4.97. The summed E-state index contributed by atoms with van der Waals surface area (Å²) in [5.74, 6) is 0.856. The van der Waals surface area contributed by atoms with E-state index >= 15 is 0 Å². The number of guanidine groups is 1. The van der Waals surface area contributed by atoms with Crippen molar-refractivity contribution < 1.29 is 13.5 Å². The number of benzene rings is 1. The Balaban J connectivity index is 0.00000484. The predicted octanol–water partition coefficient (Wildman–Crippen LogP) is 4.07. The Morgan fingerprint density at radius 1 is 1.26 bits per heavy atom. The molecule has 0 bridgehead atoms. The number of nitrogens with zero attached hydrogens (tertiary/aromatic N) is 1. The zero-order valence-electron chi connectivity index (χ0n) is 13.9. The maximum atomic E-state index is 12.4. The minimum Gasteiger partial charge on any atom is -0.434 e. The SMILES string of the molecule is CCCCNC(=NCc1cc(C)ccc1OC(F)F)NCC.I. The Bertz CT molecular complexity index is 484. The third-order valence-electron chi connectivity index (χ3n) is 3.01. The molecule has 0 atom stereocenters. The number of aliphatic imine (C=N–C) groups is 1. The Kier molecular flexibility index (Phi) is 11.7. The number of hydrogen-bond donors (Lipinski definition) is 2. The maximum absolute atomic E-state index is 12.4. The molecule has 23 heavy (non-hydrogen) atoms. The molecule has 1 aromatic rings. The van der Waals surface area contributed by atoms with Crippen LogP contribution in [0.25, 0.3) is 0 Å². The Labute approximate surface area is 154 Å². The fourth-order valence-corrected chi connectivity index (χ4v) is 1.93. The van der Waals surface area contributed by atoms with Crippen LogP contribution in [0.15, 0.2) is 23.2 Å². The summed E-state index contributed by atoms with van der Waals surface area (Å²) in [7, 11) is 0. The van der Waals surface area contributed by atoms with Crippen LogP contribution in [0.2, 0.25) is 0 Å². The number of rotatable bonds is 8. The van der Waals surface area contributed by atoms with Crippen molar-refractivity contribution >= 4 is 29.9 Å². The summed E-state index contributed by atoms with van der Waals surface area (Å²) in [6.07, 6.45) is 2.14. The molecule has 0 amide bonds. The van der Waals surface area contributed by atoms with E-state index in [2.05, 4.69) is 27.3 Å². The summed E-state index contributed by atoms with van der Waals surface area (Å²) in [4.78, 5) is 4.43. The summed E-state index contributed by atoms with van der Waals surface area (Å²) in [6, 6.07) is 5.12. The van der Waals surface area contributed by atoms with Crippen molar-refractivity contribution in [3.63, 3.8) is 0 Å². The first-order valence-electron chi connectivity index (χ1n) is 7.63. The Morgan fingerprint density at radius 2 is 2.00 bits per heavy atom. The van der Waals surface area contributed by atoms with Gasteiger partial charge in [0.25, 0.3) is 0 Å². The largest absolute Gasteiger partial charge is 0.434 e.